The Balaban J connectivity index is 2.57. The third-order valence-electron chi connectivity index (χ3n) is 1.77. The van der Waals surface area contributed by atoms with Gasteiger partial charge in [0.25, 0.3) is 5.91 Å². The minimum Gasteiger partial charge on any atom is -0.448 e. The first-order chi connectivity index (χ1) is 8.00. The third-order valence-corrected chi connectivity index (χ3v) is 1.77. The molecule has 0 aromatic carbocycles. The van der Waals surface area contributed by atoms with E-state index in [0.717, 1.165) is 0 Å². The van der Waals surface area contributed by atoms with Crippen molar-refractivity contribution >= 4 is 17.9 Å². The molecule has 3 amide bonds. The van der Waals surface area contributed by atoms with Crippen LogP contribution in [0.25, 0.3) is 0 Å². The van der Waals surface area contributed by atoms with Crippen molar-refractivity contribution in [2.45, 2.75) is 13.0 Å². The van der Waals surface area contributed by atoms with Crippen molar-refractivity contribution in [1.82, 2.24) is 10.3 Å². The predicted molar refractivity (Wildman–Crippen MR) is 56.8 cm³/mol. The van der Waals surface area contributed by atoms with E-state index in [0.29, 0.717) is 0 Å². The Hall–Kier alpha value is -2.44. The number of carbonyl (C=O) groups excluding carboxylic acids is 3. The van der Waals surface area contributed by atoms with E-state index in [1.165, 1.54) is 19.2 Å². The van der Waals surface area contributed by atoms with Crippen LogP contribution < -0.4 is 11.1 Å². The predicted octanol–water partition coefficient (Wildman–Crippen LogP) is -0.178. The maximum absolute atomic E-state index is 11.5. The summed E-state index contributed by atoms with van der Waals surface area (Å²) in [7, 11) is 0. The van der Waals surface area contributed by atoms with Gasteiger partial charge >= 0.3 is 12.0 Å². The summed E-state index contributed by atoms with van der Waals surface area (Å²) in [5.41, 5.74) is 4.82. The fourth-order valence-electron chi connectivity index (χ4n) is 0.981. The molecule has 0 fully saturated rings. The van der Waals surface area contributed by atoms with Crippen molar-refractivity contribution in [3.8, 4) is 0 Å². The van der Waals surface area contributed by atoms with Crippen molar-refractivity contribution in [3.05, 3.63) is 30.1 Å². The zero-order valence-electron chi connectivity index (χ0n) is 9.04. The quantitative estimate of drug-likeness (QED) is 0.708. The summed E-state index contributed by atoms with van der Waals surface area (Å²) < 4.78 is 4.78. The number of imide groups is 1. The highest BCUT2D eigenvalue weighted by molar-refractivity contribution is 5.97. The van der Waals surface area contributed by atoms with Gasteiger partial charge in [-0.25, -0.2) is 14.6 Å². The van der Waals surface area contributed by atoms with Gasteiger partial charge in [0.1, 0.15) is 5.69 Å². The van der Waals surface area contributed by atoms with Gasteiger partial charge in [0.15, 0.2) is 6.10 Å². The fourth-order valence-corrected chi connectivity index (χ4v) is 0.981. The molecule has 0 saturated heterocycles. The van der Waals surface area contributed by atoms with Crippen LogP contribution in [-0.2, 0) is 9.53 Å². The Kier molecular flexibility index (Phi) is 4.15. The number of carbonyl (C=O) groups is 3. The molecule has 17 heavy (non-hydrogen) atoms. The molecular weight excluding hydrogens is 226 g/mol. The number of urea groups is 1. The van der Waals surface area contributed by atoms with Crippen molar-refractivity contribution in [2.24, 2.45) is 5.73 Å². The first-order valence-electron chi connectivity index (χ1n) is 4.73. The maximum atomic E-state index is 11.5. The molecule has 90 valence electrons. The molecule has 0 aliphatic carbocycles. The van der Waals surface area contributed by atoms with Crippen LogP contribution in [-0.4, -0.2) is 29.0 Å². The number of primary amides is 1. The number of pyridine rings is 1. The van der Waals surface area contributed by atoms with Crippen LogP contribution in [0.2, 0.25) is 0 Å². The third kappa shape index (κ3) is 3.90. The smallest absolute Gasteiger partial charge is 0.357 e. The van der Waals surface area contributed by atoms with Crippen LogP contribution in [0.5, 0.6) is 0 Å². The van der Waals surface area contributed by atoms with Gasteiger partial charge in [0.05, 0.1) is 0 Å². The number of hydrogen-bond donors (Lipinski definition) is 2. The van der Waals surface area contributed by atoms with E-state index in [-0.39, 0.29) is 5.69 Å². The number of hydrogen-bond acceptors (Lipinski definition) is 5. The lowest BCUT2D eigenvalue weighted by Crippen LogP contribution is -2.42. The Morgan fingerprint density at radius 2 is 2.12 bits per heavy atom. The topological polar surface area (TPSA) is 111 Å². The van der Waals surface area contributed by atoms with Crippen molar-refractivity contribution < 1.29 is 19.1 Å². The number of esters is 1. The molecule has 1 atom stereocenters. The van der Waals surface area contributed by atoms with Crippen LogP contribution >= 0.6 is 0 Å². The lowest BCUT2D eigenvalue weighted by atomic mass is 10.3. The zero-order valence-corrected chi connectivity index (χ0v) is 9.04. The van der Waals surface area contributed by atoms with Crippen molar-refractivity contribution in [1.29, 1.82) is 0 Å². The number of nitrogens with one attached hydrogen (secondary N) is 1. The molecule has 0 spiro atoms. The van der Waals surface area contributed by atoms with E-state index in [9.17, 15) is 14.4 Å². The van der Waals surface area contributed by atoms with E-state index in [1.54, 1.807) is 17.4 Å². The number of amides is 3. The standard InChI is InChI=1S/C10H11N3O4/c1-6(8(14)13-10(11)16)17-9(15)7-4-2-3-5-12-7/h2-6H,1H3,(H3,11,13,14,16)/t6-/m0/s1. The molecule has 0 unspecified atom stereocenters. The molecule has 1 aromatic heterocycles. The van der Waals surface area contributed by atoms with E-state index in [1.807, 2.05) is 0 Å². The number of aromatic nitrogens is 1. The van der Waals surface area contributed by atoms with Gasteiger partial charge in [-0.05, 0) is 19.1 Å². The first-order valence-corrected chi connectivity index (χ1v) is 4.73. The summed E-state index contributed by atoms with van der Waals surface area (Å²) in [6.07, 6.45) is 0.294. The molecule has 1 aromatic rings. The van der Waals surface area contributed by atoms with Crippen molar-refractivity contribution in [3.63, 3.8) is 0 Å². The summed E-state index contributed by atoms with van der Waals surface area (Å²) in [6, 6.07) is 3.69. The van der Waals surface area contributed by atoms with Gasteiger partial charge in [-0.15, -0.1) is 0 Å². The van der Waals surface area contributed by atoms with Gasteiger partial charge < -0.3 is 10.5 Å². The minimum atomic E-state index is -1.13. The summed E-state index contributed by atoms with van der Waals surface area (Å²) in [6.45, 7) is 1.32. The van der Waals surface area contributed by atoms with E-state index >= 15 is 0 Å². The Morgan fingerprint density at radius 1 is 1.41 bits per heavy atom. The highest BCUT2D eigenvalue weighted by atomic mass is 16.5. The first kappa shape index (κ1) is 12.6. The summed E-state index contributed by atoms with van der Waals surface area (Å²) in [4.78, 5) is 36.8. The van der Waals surface area contributed by atoms with E-state index in [4.69, 9.17) is 10.5 Å². The second-order valence-corrected chi connectivity index (χ2v) is 3.12. The van der Waals surface area contributed by atoms with Crippen LogP contribution in [0.15, 0.2) is 24.4 Å². The highest BCUT2D eigenvalue weighted by Gasteiger charge is 2.20. The van der Waals surface area contributed by atoms with Crippen LogP contribution in [0, 0.1) is 0 Å². The molecule has 3 N–H and O–H groups in total. The summed E-state index contributed by atoms with van der Waals surface area (Å²) in [5.74, 6) is -1.54. The molecule has 0 aliphatic heterocycles. The van der Waals surface area contributed by atoms with Crippen LogP contribution in [0.1, 0.15) is 17.4 Å². The van der Waals surface area contributed by atoms with Gasteiger partial charge in [0, 0.05) is 6.20 Å². The monoisotopic (exact) mass is 237 g/mol. The largest absolute Gasteiger partial charge is 0.448 e. The summed E-state index contributed by atoms with van der Waals surface area (Å²) in [5, 5.41) is 1.80. The number of nitrogens with two attached hydrogens (primary N) is 1. The molecule has 0 aliphatic rings. The maximum Gasteiger partial charge on any atom is 0.357 e. The lowest BCUT2D eigenvalue weighted by molar-refractivity contribution is -0.127. The molecule has 1 heterocycles. The fraction of sp³-hybridized carbons (Fsp3) is 0.200. The van der Waals surface area contributed by atoms with Gasteiger partial charge in [-0.2, -0.15) is 0 Å². The van der Waals surface area contributed by atoms with Crippen molar-refractivity contribution in [2.75, 3.05) is 0 Å². The Labute approximate surface area is 97.0 Å². The second-order valence-electron chi connectivity index (χ2n) is 3.12. The van der Waals surface area contributed by atoms with Gasteiger partial charge in [-0.1, -0.05) is 6.07 Å². The minimum absolute atomic E-state index is 0.0752. The summed E-state index contributed by atoms with van der Waals surface area (Å²) >= 11 is 0. The molecular formula is C10H11N3O4. The molecule has 0 bridgehead atoms. The number of rotatable bonds is 3. The van der Waals surface area contributed by atoms with Crippen LogP contribution in [0.4, 0.5) is 4.79 Å². The molecule has 0 saturated carbocycles. The van der Waals surface area contributed by atoms with E-state index < -0.39 is 24.0 Å². The molecule has 1 rings (SSSR count). The average molecular weight is 237 g/mol. The Morgan fingerprint density at radius 3 is 2.65 bits per heavy atom. The highest BCUT2D eigenvalue weighted by Crippen LogP contribution is 2.00. The molecule has 7 heteroatoms. The molecule has 7 nitrogen and oxygen atoms in total. The van der Waals surface area contributed by atoms with Gasteiger partial charge in [-0.3, -0.25) is 10.1 Å². The Bertz CT molecular complexity index is 432. The SMILES string of the molecule is C[C@H](OC(=O)c1ccccn1)C(=O)NC(N)=O. The van der Waals surface area contributed by atoms with Gasteiger partial charge in [0.2, 0.25) is 0 Å². The van der Waals surface area contributed by atoms with E-state index in [2.05, 4.69) is 4.98 Å². The second kappa shape index (κ2) is 5.59. The normalized spacial score (nSPS) is 11.4. The molecule has 0 radical (unpaired) electrons. The number of ether oxygens (including phenoxy) is 1. The lowest BCUT2D eigenvalue weighted by Gasteiger charge is -2.11. The average Bonchev–Trinajstić information content (AvgIpc) is 2.29. The van der Waals surface area contributed by atoms with Crippen LogP contribution in [0.3, 0.4) is 0 Å². The number of nitrogens with zero attached hydrogens (tertiary/aromatic N) is 1. The zero-order chi connectivity index (χ0) is 12.8.